The number of rotatable bonds is 5. The van der Waals surface area contributed by atoms with Gasteiger partial charge in [-0.15, -0.1) is 11.8 Å². The van der Waals surface area contributed by atoms with Gasteiger partial charge in [0, 0.05) is 32.7 Å². The average molecular weight is 293 g/mol. The number of piperazine rings is 1. The third-order valence-electron chi connectivity index (χ3n) is 3.36. The second kappa shape index (κ2) is 7.31. The zero-order chi connectivity index (χ0) is 14.4. The molecule has 0 amide bonds. The molecule has 1 aromatic carbocycles. The summed E-state index contributed by atoms with van der Waals surface area (Å²) in [6, 6.07) is 10.4. The lowest BCUT2D eigenvalue weighted by molar-refractivity contribution is -0.403. The van der Waals surface area contributed by atoms with E-state index in [1.165, 1.54) is 17.3 Å². The minimum absolute atomic E-state index is 0.373. The lowest BCUT2D eigenvalue weighted by atomic mass is 10.2. The highest BCUT2D eigenvalue weighted by molar-refractivity contribution is 8.02. The van der Waals surface area contributed by atoms with Gasteiger partial charge in [-0.1, -0.05) is 30.3 Å². The lowest BCUT2D eigenvalue weighted by Crippen LogP contribution is -2.45. The molecule has 0 bridgehead atoms. The van der Waals surface area contributed by atoms with E-state index in [4.69, 9.17) is 0 Å². The van der Waals surface area contributed by atoms with Crippen molar-refractivity contribution in [1.29, 1.82) is 0 Å². The van der Waals surface area contributed by atoms with Crippen molar-refractivity contribution in [2.45, 2.75) is 6.54 Å². The second-order valence-corrected chi connectivity index (χ2v) is 5.53. The summed E-state index contributed by atoms with van der Waals surface area (Å²) in [6.45, 7) is 4.50. The van der Waals surface area contributed by atoms with E-state index in [0.29, 0.717) is 0 Å². The Morgan fingerprint density at radius 2 is 1.95 bits per heavy atom. The van der Waals surface area contributed by atoms with Crippen LogP contribution >= 0.6 is 11.8 Å². The first-order valence-corrected chi connectivity index (χ1v) is 7.82. The van der Waals surface area contributed by atoms with Crippen molar-refractivity contribution in [3.8, 4) is 0 Å². The highest BCUT2D eigenvalue weighted by Crippen LogP contribution is 2.19. The predicted molar refractivity (Wildman–Crippen MR) is 81.9 cm³/mol. The van der Waals surface area contributed by atoms with Gasteiger partial charge in [-0.3, -0.25) is 15.0 Å². The van der Waals surface area contributed by atoms with Gasteiger partial charge in [0.05, 0.1) is 4.92 Å². The molecule has 108 valence electrons. The Kier molecular flexibility index (Phi) is 5.43. The lowest BCUT2D eigenvalue weighted by Gasteiger charge is -2.35. The highest BCUT2D eigenvalue weighted by Gasteiger charge is 2.20. The smallest absolute Gasteiger partial charge is 0.264 e. The molecule has 0 atom stereocenters. The van der Waals surface area contributed by atoms with Crippen LogP contribution in [0.1, 0.15) is 5.56 Å². The molecule has 0 aromatic heterocycles. The van der Waals surface area contributed by atoms with Gasteiger partial charge in [0.25, 0.3) is 6.20 Å². The van der Waals surface area contributed by atoms with Crippen LogP contribution in [0.15, 0.2) is 41.6 Å². The fourth-order valence-electron chi connectivity index (χ4n) is 2.32. The molecule has 5 nitrogen and oxygen atoms in total. The van der Waals surface area contributed by atoms with Gasteiger partial charge < -0.3 is 4.90 Å². The maximum atomic E-state index is 10.6. The van der Waals surface area contributed by atoms with Crippen molar-refractivity contribution in [3.63, 3.8) is 0 Å². The molecule has 2 rings (SSSR count). The topological polar surface area (TPSA) is 49.6 Å². The van der Waals surface area contributed by atoms with E-state index >= 15 is 0 Å². The molecular formula is C14H19N3O2S. The zero-order valence-corrected chi connectivity index (χ0v) is 12.4. The fourth-order valence-corrected chi connectivity index (χ4v) is 2.95. The van der Waals surface area contributed by atoms with Crippen LogP contribution in [0.2, 0.25) is 0 Å². The molecule has 20 heavy (non-hydrogen) atoms. The number of benzene rings is 1. The third kappa shape index (κ3) is 4.25. The van der Waals surface area contributed by atoms with Crippen molar-refractivity contribution >= 4 is 11.8 Å². The van der Waals surface area contributed by atoms with E-state index in [1.807, 2.05) is 12.3 Å². The van der Waals surface area contributed by atoms with E-state index in [2.05, 4.69) is 34.1 Å². The van der Waals surface area contributed by atoms with Crippen LogP contribution in [-0.2, 0) is 6.54 Å². The standard InChI is InChI=1S/C14H19N3O2S/c1-20-14(12-17(18)19)16-9-7-15(8-10-16)11-13-5-3-2-4-6-13/h2-6,12H,7-11H2,1H3. The molecule has 0 radical (unpaired) electrons. The van der Waals surface area contributed by atoms with Gasteiger partial charge in [0.2, 0.25) is 0 Å². The Morgan fingerprint density at radius 3 is 2.50 bits per heavy atom. The molecule has 0 saturated carbocycles. The maximum absolute atomic E-state index is 10.6. The summed E-state index contributed by atoms with van der Waals surface area (Å²) < 4.78 is 0. The van der Waals surface area contributed by atoms with E-state index in [0.717, 1.165) is 44.0 Å². The summed E-state index contributed by atoms with van der Waals surface area (Å²) in [4.78, 5) is 14.7. The number of hydrogen-bond acceptors (Lipinski definition) is 5. The Morgan fingerprint density at radius 1 is 1.30 bits per heavy atom. The van der Waals surface area contributed by atoms with E-state index < -0.39 is 0 Å². The molecule has 0 aliphatic carbocycles. The van der Waals surface area contributed by atoms with Crippen LogP contribution in [0.4, 0.5) is 0 Å². The Balaban J connectivity index is 1.87. The first-order chi connectivity index (χ1) is 9.69. The molecular weight excluding hydrogens is 274 g/mol. The van der Waals surface area contributed by atoms with Crippen LogP contribution in [0.5, 0.6) is 0 Å². The summed E-state index contributed by atoms with van der Waals surface area (Å²) in [5.74, 6) is 0. The highest BCUT2D eigenvalue weighted by atomic mass is 32.2. The van der Waals surface area contributed by atoms with Gasteiger partial charge in [-0.05, 0) is 11.8 Å². The van der Waals surface area contributed by atoms with Gasteiger partial charge in [-0.25, -0.2) is 0 Å². The number of thioether (sulfide) groups is 1. The van der Waals surface area contributed by atoms with E-state index in [-0.39, 0.29) is 4.92 Å². The number of nitro groups is 1. The van der Waals surface area contributed by atoms with Crippen molar-refractivity contribution < 1.29 is 4.92 Å². The Bertz CT molecular complexity index is 471. The van der Waals surface area contributed by atoms with Gasteiger partial charge in [-0.2, -0.15) is 0 Å². The van der Waals surface area contributed by atoms with Crippen molar-refractivity contribution in [2.24, 2.45) is 0 Å². The molecule has 1 aliphatic rings. The van der Waals surface area contributed by atoms with Gasteiger partial charge >= 0.3 is 0 Å². The minimum Gasteiger partial charge on any atom is -0.359 e. The fraction of sp³-hybridized carbons (Fsp3) is 0.429. The summed E-state index contributed by atoms with van der Waals surface area (Å²) in [6.07, 6.45) is 2.99. The van der Waals surface area contributed by atoms with Crippen molar-refractivity contribution in [3.05, 3.63) is 57.2 Å². The van der Waals surface area contributed by atoms with Crippen molar-refractivity contribution in [1.82, 2.24) is 9.80 Å². The van der Waals surface area contributed by atoms with Crippen molar-refractivity contribution in [2.75, 3.05) is 32.4 Å². The molecule has 1 saturated heterocycles. The van der Waals surface area contributed by atoms with Gasteiger partial charge in [0.15, 0.2) is 0 Å². The summed E-state index contributed by atoms with van der Waals surface area (Å²) in [5, 5.41) is 11.3. The summed E-state index contributed by atoms with van der Waals surface area (Å²) in [7, 11) is 0. The Labute approximate surface area is 123 Å². The SMILES string of the molecule is CSC(=C[N+](=O)[O-])N1CCN(Cc2ccccc2)CC1. The minimum atomic E-state index is -0.373. The maximum Gasteiger partial charge on any atom is 0.264 e. The number of hydrogen-bond donors (Lipinski definition) is 0. The molecule has 1 fully saturated rings. The molecule has 0 unspecified atom stereocenters. The van der Waals surface area contributed by atoms with Crippen LogP contribution in [0.3, 0.4) is 0 Å². The normalized spacial score (nSPS) is 17.2. The average Bonchev–Trinajstić information content (AvgIpc) is 2.46. The first-order valence-electron chi connectivity index (χ1n) is 6.59. The van der Waals surface area contributed by atoms with Crippen LogP contribution in [0.25, 0.3) is 0 Å². The molecule has 6 heteroatoms. The monoisotopic (exact) mass is 293 g/mol. The quantitative estimate of drug-likeness (QED) is 0.615. The van der Waals surface area contributed by atoms with E-state index in [9.17, 15) is 10.1 Å². The largest absolute Gasteiger partial charge is 0.359 e. The molecule has 1 aliphatic heterocycles. The van der Waals surface area contributed by atoms with Crippen LogP contribution in [0, 0.1) is 10.1 Å². The van der Waals surface area contributed by atoms with Crippen LogP contribution < -0.4 is 0 Å². The van der Waals surface area contributed by atoms with Crippen LogP contribution in [-0.4, -0.2) is 47.2 Å². The van der Waals surface area contributed by atoms with E-state index in [1.54, 1.807) is 0 Å². The molecule has 0 spiro atoms. The summed E-state index contributed by atoms with van der Waals surface area (Å²) in [5.41, 5.74) is 1.31. The second-order valence-electron chi connectivity index (χ2n) is 4.71. The summed E-state index contributed by atoms with van der Waals surface area (Å²) >= 11 is 1.44. The first kappa shape index (κ1) is 14.9. The molecule has 0 N–H and O–H groups in total. The predicted octanol–water partition coefficient (Wildman–Crippen LogP) is 2.24. The molecule has 1 heterocycles. The molecule has 1 aromatic rings. The Hall–Kier alpha value is -1.53. The zero-order valence-electron chi connectivity index (χ0n) is 11.6. The van der Waals surface area contributed by atoms with Gasteiger partial charge in [0.1, 0.15) is 5.03 Å². The third-order valence-corrected chi connectivity index (χ3v) is 4.14. The number of nitrogens with zero attached hydrogens (tertiary/aromatic N) is 3.